The molecule has 1 aromatic rings. The minimum Gasteiger partial charge on any atom is -0.508 e. The van der Waals surface area contributed by atoms with E-state index < -0.39 is 0 Å². The van der Waals surface area contributed by atoms with Gasteiger partial charge >= 0.3 is 0 Å². The first-order valence-corrected chi connectivity index (χ1v) is 7.09. The second-order valence-electron chi connectivity index (χ2n) is 5.83. The molecule has 2 fully saturated rings. The van der Waals surface area contributed by atoms with Crippen LogP contribution < -0.4 is 0 Å². The van der Waals surface area contributed by atoms with Crippen LogP contribution in [-0.4, -0.2) is 58.1 Å². The van der Waals surface area contributed by atoms with Gasteiger partial charge in [0.15, 0.2) is 0 Å². The molecule has 20 heavy (non-hydrogen) atoms. The molecule has 1 aromatic carbocycles. The predicted molar refractivity (Wildman–Crippen MR) is 74.9 cm³/mol. The van der Waals surface area contributed by atoms with Gasteiger partial charge in [-0.1, -0.05) is 0 Å². The van der Waals surface area contributed by atoms with E-state index in [0.717, 1.165) is 25.9 Å². The number of amides is 1. The largest absolute Gasteiger partial charge is 0.508 e. The molecule has 0 aliphatic carbocycles. The van der Waals surface area contributed by atoms with Gasteiger partial charge in [0.1, 0.15) is 11.5 Å². The molecule has 2 aliphatic heterocycles. The summed E-state index contributed by atoms with van der Waals surface area (Å²) in [6, 6.07) is 5.06. The van der Waals surface area contributed by atoms with E-state index in [4.69, 9.17) is 0 Å². The summed E-state index contributed by atoms with van der Waals surface area (Å²) >= 11 is 0. The molecule has 0 spiro atoms. The Balaban J connectivity index is 1.80. The van der Waals surface area contributed by atoms with Gasteiger partial charge in [-0.3, -0.25) is 9.69 Å². The van der Waals surface area contributed by atoms with E-state index >= 15 is 0 Å². The Kier molecular flexibility index (Phi) is 3.30. The smallest absolute Gasteiger partial charge is 0.254 e. The Morgan fingerprint density at radius 2 is 1.75 bits per heavy atom. The first kappa shape index (κ1) is 13.2. The van der Waals surface area contributed by atoms with E-state index in [2.05, 4.69) is 11.9 Å². The number of carbonyl (C=O) groups excluding carboxylic acids is 1. The van der Waals surface area contributed by atoms with E-state index in [9.17, 15) is 15.0 Å². The number of fused-ring (bicyclic) bond motifs is 2. The highest BCUT2D eigenvalue weighted by atomic mass is 16.3. The van der Waals surface area contributed by atoms with E-state index in [1.54, 1.807) is 0 Å². The molecule has 108 valence electrons. The number of hydrogen-bond donors (Lipinski definition) is 2. The Morgan fingerprint density at radius 1 is 1.10 bits per heavy atom. The van der Waals surface area contributed by atoms with Crippen LogP contribution >= 0.6 is 0 Å². The summed E-state index contributed by atoms with van der Waals surface area (Å²) in [5, 5.41) is 19.0. The third kappa shape index (κ3) is 2.33. The number of likely N-dealkylation sites (tertiary alicyclic amines) is 1. The van der Waals surface area contributed by atoms with Crippen LogP contribution in [0.25, 0.3) is 0 Å². The fourth-order valence-electron chi connectivity index (χ4n) is 3.39. The number of carbonyl (C=O) groups is 1. The minimum atomic E-state index is -0.114. The maximum Gasteiger partial charge on any atom is 0.254 e. The van der Waals surface area contributed by atoms with Crippen LogP contribution in [0.1, 0.15) is 29.6 Å². The standard InChI is InChI=1S/C15H20N2O3/c1-16-11-2-3-12(16)9-17(5-4-11)15(20)10-6-13(18)8-14(19)7-10/h6-8,11-12,18-19H,2-5,9H2,1H3. The summed E-state index contributed by atoms with van der Waals surface area (Å²) in [7, 11) is 2.14. The molecule has 1 amide bonds. The molecule has 2 N–H and O–H groups in total. The monoisotopic (exact) mass is 276 g/mol. The van der Waals surface area contributed by atoms with Gasteiger partial charge in [0.05, 0.1) is 0 Å². The number of nitrogens with zero attached hydrogens (tertiary/aromatic N) is 2. The molecule has 2 aliphatic rings. The fourth-order valence-corrected chi connectivity index (χ4v) is 3.39. The summed E-state index contributed by atoms with van der Waals surface area (Å²) in [6.45, 7) is 1.46. The lowest BCUT2D eigenvalue weighted by Gasteiger charge is -2.26. The molecule has 0 aromatic heterocycles. The van der Waals surface area contributed by atoms with E-state index in [1.807, 2.05) is 4.90 Å². The molecule has 2 saturated heterocycles. The number of benzene rings is 1. The highest BCUT2D eigenvalue weighted by Crippen LogP contribution is 2.29. The van der Waals surface area contributed by atoms with Crippen LogP contribution in [0.15, 0.2) is 18.2 Å². The van der Waals surface area contributed by atoms with Gasteiger partial charge in [-0.05, 0) is 38.4 Å². The van der Waals surface area contributed by atoms with Crippen molar-refractivity contribution in [2.75, 3.05) is 20.1 Å². The van der Waals surface area contributed by atoms with Gasteiger partial charge in [0.25, 0.3) is 5.91 Å². The minimum absolute atomic E-state index is 0.0817. The van der Waals surface area contributed by atoms with Crippen molar-refractivity contribution in [2.45, 2.75) is 31.3 Å². The zero-order chi connectivity index (χ0) is 14.3. The zero-order valence-corrected chi connectivity index (χ0v) is 11.6. The van der Waals surface area contributed by atoms with Crippen LogP contribution in [0.3, 0.4) is 0 Å². The van der Waals surface area contributed by atoms with Crippen molar-refractivity contribution >= 4 is 5.91 Å². The maximum atomic E-state index is 12.5. The maximum absolute atomic E-state index is 12.5. The molecule has 0 radical (unpaired) electrons. The van der Waals surface area contributed by atoms with E-state index in [-0.39, 0.29) is 17.4 Å². The van der Waals surface area contributed by atoms with Gasteiger partial charge in [0, 0.05) is 36.8 Å². The Labute approximate surface area is 118 Å². The Morgan fingerprint density at radius 3 is 2.45 bits per heavy atom. The van der Waals surface area contributed by atoms with Crippen molar-refractivity contribution in [3.63, 3.8) is 0 Å². The van der Waals surface area contributed by atoms with Gasteiger partial charge < -0.3 is 15.1 Å². The van der Waals surface area contributed by atoms with Crippen molar-refractivity contribution in [1.29, 1.82) is 0 Å². The van der Waals surface area contributed by atoms with Crippen LogP contribution in [0, 0.1) is 0 Å². The normalized spacial score (nSPS) is 26.6. The second-order valence-corrected chi connectivity index (χ2v) is 5.83. The number of likely N-dealkylation sites (N-methyl/N-ethyl adjacent to an activating group) is 1. The van der Waals surface area contributed by atoms with Crippen molar-refractivity contribution in [3.05, 3.63) is 23.8 Å². The summed E-state index contributed by atoms with van der Waals surface area (Å²) < 4.78 is 0. The third-order valence-corrected chi connectivity index (χ3v) is 4.59. The predicted octanol–water partition coefficient (Wildman–Crippen LogP) is 1.41. The first-order chi connectivity index (χ1) is 9.54. The molecule has 2 atom stereocenters. The van der Waals surface area contributed by atoms with Crippen LogP contribution in [0.4, 0.5) is 0 Å². The average molecular weight is 276 g/mol. The van der Waals surface area contributed by atoms with Gasteiger partial charge in [-0.25, -0.2) is 0 Å². The summed E-state index contributed by atoms with van der Waals surface area (Å²) in [5.74, 6) is -0.277. The molecule has 5 nitrogen and oxygen atoms in total. The molecule has 2 bridgehead atoms. The Hall–Kier alpha value is -1.75. The van der Waals surface area contributed by atoms with Gasteiger partial charge in [0.2, 0.25) is 0 Å². The molecule has 3 rings (SSSR count). The van der Waals surface area contributed by atoms with Gasteiger partial charge in [-0.2, -0.15) is 0 Å². The third-order valence-electron chi connectivity index (χ3n) is 4.59. The van der Waals surface area contributed by atoms with Crippen LogP contribution in [0.5, 0.6) is 11.5 Å². The van der Waals surface area contributed by atoms with Crippen LogP contribution in [-0.2, 0) is 0 Å². The summed E-state index contributed by atoms with van der Waals surface area (Å²) in [5.41, 5.74) is 0.350. The van der Waals surface area contributed by atoms with E-state index in [0.29, 0.717) is 17.6 Å². The van der Waals surface area contributed by atoms with E-state index in [1.165, 1.54) is 24.6 Å². The zero-order valence-electron chi connectivity index (χ0n) is 11.6. The second kappa shape index (κ2) is 4.98. The SMILES string of the molecule is CN1C2CCC1CN(C(=O)c1cc(O)cc(O)c1)CC2. The van der Waals surface area contributed by atoms with Crippen molar-refractivity contribution in [1.82, 2.24) is 9.80 Å². The molecular weight excluding hydrogens is 256 g/mol. The lowest BCUT2D eigenvalue weighted by Crippen LogP contribution is -2.39. The highest BCUT2D eigenvalue weighted by Gasteiger charge is 2.36. The number of rotatable bonds is 1. The van der Waals surface area contributed by atoms with Crippen molar-refractivity contribution in [2.24, 2.45) is 0 Å². The van der Waals surface area contributed by atoms with Crippen LogP contribution in [0.2, 0.25) is 0 Å². The lowest BCUT2D eigenvalue weighted by molar-refractivity contribution is 0.0739. The highest BCUT2D eigenvalue weighted by molar-refractivity contribution is 5.95. The molecular formula is C15H20N2O3. The number of phenolic OH excluding ortho intramolecular Hbond substituents is 2. The van der Waals surface area contributed by atoms with Gasteiger partial charge in [-0.15, -0.1) is 0 Å². The Bertz CT molecular complexity index is 512. The number of hydrogen-bond acceptors (Lipinski definition) is 4. The molecule has 0 saturated carbocycles. The summed E-state index contributed by atoms with van der Waals surface area (Å²) in [6.07, 6.45) is 3.34. The number of aromatic hydroxyl groups is 2. The first-order valence-electron chi connectivity index (χ1n) is 7.09. The fraction of sp³-hybridized carbons (Fsp3) is 0.533. The molecule has 2 heterocycles. The average Bonchev–Trinajstić information content (AvgIpc) is 2.61. The molecule has 2 unspecified atom stereocenters. The van der Waals surface area contributed by atoms with Crippen molar-refractivity contribution in [3.8, 4) is 11.5 Å². The van der Waals surface area contributed by atoms with Crippen molar-refractivity contribution < 1.29 is 15.0 Å². The molecule has 5 heteroatoms. The number of phenols is 2. The quantitative estimate of drug-likeness (QED) is 0.814. The lowest BCUT2D eigenvalue weighted by atomic mass is 10.1. The summed E-state index contributed by atoms with van der Waals surface area (Å²) in [4.78, 5) is 16.7. The topological polar surface area (TPSA) is 64.0 Å².